The molecule has 0 radical (unpaired) electrons. The number of hydrogen-bond donors (Lipinski definition) is 1. The van der Waals surface area contributed by atoms with Crippen molar-refractivity contribution in [3.8, 4) is 17.2 Å². The van der Waals surface area contributed by atoms with Crippen LogP contribution in [0.4, 0.5) is 13.2 Å². The fraction of sp³-hybridized carbons (Fsp3) is 0.182. The minimum atomic E-state index is -4.65. The van der Waals surface area contributed by atoms with Crippen molar-refractivity contribution in [3.63, 3.8) is 0 Å². The molecule has 0 saturated carbocycles. The van der Waals surface area contributed by atoms with Crippen LogP contribution in [0.25, 0.3) is 17.5 Å². The number of halogens is 3. The summed E-state index contributed by atoms with van der Waals surface area (Å²) in [5.74, 6) is -0.222. The fourth-order valence-corrected chi connectivity index (χ4v) is 2.81. The first kappa shape index (κ1) is 21.2. The number of benzene rings is 2. The Morgan fingerprint density at radius 3 is 2.60 bits per heavy atom. The lowest BCUT2D eigenvalue weighted by Crippen LogP contribution is -2.09. The van der Waals surface area contributed by atoms with Gasteiger partial charge in [0.15, 0.2) is 0 Å². The number of carbonyl (C=O) groups is 1. The molecule has 30 heavy (non-hydrogen) atoms. The maximum atomic E-state index is 13.3. The summed E-state index contributed by atoms with van der Waals surface area (Å²) in [5, 5.41) is 8.64. The van der Waals surface area contributed by atoms with Crippen molar-refractivity contribution in [1.82, 2.24) is 4.98 Å². The predicted molar refractivity (Wildman–Crippen MR) is 104 cm³/mol. The van der Waals surface area contributed by atoms with E-state index in [1.807, 2.05) is 30.3 Å². The summed E-state index contributed by atoms with van der Waals surface area (Å²) in [6, 6.07) is 12.7. The molecular formula is C22H18F3NO4. The lowest BCUT2D eigenvalue weighted by molar-refractivity contribution is -0.138. The van der Waals surface area contributed by atoms with Gasteiger partial charge in [-0.25, -0.2) is 9.78 Å². The number of hydrogen-bond acceptors (Lipinski definition) is 4. The molecule has 0 aliphatic heterocycles. The van der Waals surface area contributed by atoms with Gasteiger partial charge in [0.25, 0.3) is 0 Å². The first-order valence-corrected chi connectivity index (χ1v) is 9.01. The fourth-order valence-electron chi connectivity index (χ4n) is 2.81. The number of aromatic nitrogens is 1. The van der Waals surface area contributed by atoms with Gasteiger partial charge in [0.1, 0.15) is 11.5 Å². The summed E-state index contributed by atoms with van der Waals surface area (Å²) in [7, 11) is 0. The first-order valence-electron chi connectivity index (χ1n) is 9.01. The van der Waals surface area contributed by atoms with Crippen molar-refractivity contribution in [3.05, 3.63) is 77.2 Å². The maximum absolute atomic E-state index is 13.3. The third-order valence-electron chi connectivity index (χ3n) is 4.26. The van der Waals surface area contributed by atoms with Crippen LogP contribution in [0.15, 0.2) is 59.0 Å². The van der Waals surface area contributed by atoms with Gasteiger partial charge < -0.3 is 14.3 Å². The van der Waals surface area contributed by atoms with Crippen LogP contribution in [0.2, 0.25) is 0 Å². The molecule has 156 valence electrons. The summed E-state index contributed by atoms with van der Waals surface area (Å²) < 4.78 is 51.0. The van der Waals surface area contributed by atoms with Gasteiger partial charge in [-0.1, -0.05) is 24.3 Å². The number of ether oxygens (including phenoxy) is 1. The van der Waals surface area contributed by atoms with Gasteiger partial charge in [-0.05, 0) is 42.8 Å². The molecule has 2 aromatic carbocycles. The van der Waals surface area contributed by atoms with Crippen LogP contribution in [0, 0.1) is 6.92 Å². The van der Waals surface area contributed by atoms with Crippen molar-refractivity contribution < 1.29 is 32.2 Å². The Labute approximate surface area is 170 Å². The van der Waals surface area contributed by atoms with E-state index in [0.29, 0.717) is 29.8 Å². The van der Waals surface area contributed by atoms with Crippen LogP contribution in [0.1, 0.15) is 22.6 Å². The second kappa shape index (κ2) is 8.86. The second-order valence-electron chi connectivity index (χ2n) is 6.40. The third kappa shape index (κ3) is 5.28. The molecule has 3 aromatic rings. The van der Waals surface area contributed by atoms with Crippen molar-refractivity contribution >= 4 is 12.0 Å². The second-order valence-corrected chi connectivity index (χ2v) is 6.40. The molecule has 0 unspecified atom stereocenters. The van der Waals surface area contributed by atoms with Crippen molar-refractivity contribution in [2.24, 2.45) is 0 Å². The van der Waals surface area contributed by atoms with Crippen molar-refractivity contribution in [2.75, 3.05) is 6.61 Å². The molecule has 0 saturated heterocycles. The molecule has 0 atom stereocenters. The first-order chi connectivity index (χ1) is 14.2. The molecule has 0 aliphatic carbocycles. The van der Waals surface area contributed by atoms with Gasteiger partial charge in [-0.3, -0.25) is 0 Å². The van der Waals surface area contributed by atoms with Crippen LogP contribution >= 0.6 is 0 Å². The summed E-state index contributed by atoms with van der Waals surface area (Å²) in [6.45, 7) is 1.86. The van der Waals surface area contributed by atoms with Gasteiger partial charge in [-0.15, -0.1) is 0 Å². The van der Waals surface area contributed by atoms with Gasteiger partial charge in [0.05, 0.1) is 17.9 Å². The number of carboxylic acid groups (broad SMARTS) is 1. The van der Waals surface area contributed by atoms with Gasteiger partial charge >= 0.3 is 12.1 Å². The van der Waals surface area contributed by atoms with Crippen LogP contribution in [-0.2, 0) is 17.4 Å². The van der Waals surface area contributed by atoms with Crippen LogP contribution in [0.3, 0.4) is 0 Å². The SMILES string of the molecule is Cc1oc(-c2ccccc2)nc1CCOc1ccc(C=CC(=O)O)c(C(F)(F)F)c1. The predicted octanol–water partition coefficient (Wildman–Crippen LogP) is 5.39. The summed E-state index contributed by atoms with van der Waals surface area (Å²) in [6.07, 6.45) is -2.74. The molecule has 0 fully saturated rings. The van der Waals surface area contributed by atoms with E-state index in [1.54, 1.807) is 6.92 Å². The Hall–Kier alpha value is -3.55. The van der Waals surface area contributed by atoms with E-state index >= 15 is 0 Å². The normalized spacial score (nSPS) is 11.7. The Morgan fingerprint density at radius 2 is 1.93 bits per heavy atom. The summed E-state index contributed by atoms with van der Waals surface area (Å²) in [4.78, 5) is 15.0. The number of nitrogens with zero attached hydrogens (tertiary/aromatic N) is 1. The lowest BCUT2D eigenvalue weighted by Gasteiger charge is -2.13. The van der Waals surface area contributed by atoms with Crippen LogP contribution < -0.4 is 4.74 Å². The minimum Gasteiger partial charge on any atom is -0.493 e. The van der Waals surface area contributed by atoms with Gasteiger partial charge in [0, 0.05) is 18.1 Å². The Balaban J connectivity index is 1.71. The molecule has 8 heteroatoms. The zero-order valence-electron chi connectivity index (χ0n) is 15.9. The highest BCUT2D eigenvalue weighted by Gasteiger charge is 2.33. The average molecular weight is 417 g/mol. The lowest BCUT2D eigenvalue weighted by atomic mass is 10.1. The molecule has 3 rings (SSSR count). The number of rotatable bonds is 7. The quantitative estimate of drug-likeness (QED) is 0.522. The molecule has 5 nitrogen and oxygen atoms in total. The zero-order valence-corrected chi connectivity index (χ0v) is 15.9. The topological polar surface area (TPSA) is 72.6 Å². The van der Waals surface area contributed by atoms with Gasteiger partial charge in [0.2, 0.25) is 5.89 Å². The molecule has 1 N–H and O–H groups in total. The molecule has 0 amide bonds. The molecule has 0 spiro atoms. The molecule has 1 aromatic heterocycles. The number of aliphatic carboxylic acids is 1. The Bertz CT molecular complexity index is 1060. The highest BCUT2D eigenvalue weighted by molar-refractivity contribution is 5.85. The number of aryl methyl sites for hydroxylation is 1. The molecule has 0 bridgehead atoms. The Morgan fingerprint density at radius 1 is 1.20 bits per heavy atom. The molecule has 0 aliphatic rings. The summed E-state index contributed by atoms with van der Waals surface area (Å²) in [5.41, 5.74) is 0.261. The van der Waals surface area contributed by atoms with Gasteiger partial charge in [-0.2, -0.15) is 13.2 Å². The largest absolute Gasteiger partial charge is 0.493 e. The highest BCUT2D eigenvalue weighted by atomic mass is 19.4. The zero-order chi connectivity index (χ0) is 21.7. The minimum absolute atomic E-state index is 0.0271. The van der Waals surface area contributed by atoms with E-state index in [1.165, 1.54) is 12.1 Å². The van der Waals surface area contributed by atoms with E-state index in [-0.39, 0.29) is 17.9 Å². The monoisotopic (exact) mass is 417 g/mol. The number of carboxylic acids is 1. The highest BCUT2D eigenvalue weighted by Crippen LogP contribution is 2.35. The van der Waals surface area contributed by atoms with Crippen LogP contribution in [-0.4, -0.2) is 22.7 Å². The van der Waals surface area contributed by atoms with E-state index in [2.05, 4.69) is 4.98 Å². The van der Waals surface area contributed by atoms with Crippen molar-refractivity contribution in [1.29, 1.82) is 0 Å². The van der Waals surface area contributed by atoms with E-state index < -0.39 is 17.7 Å². The van der Waals surface area contributed by atoms with Crippen LogP contribution in [0.5, 0.6) is 5.75 Å². The standard InChI is InChI=1S/C22H18F3NO4/c1-14-19(26-21(30-14)16-5-3-2-4-6-16)11-12-29-17-9-7-15(8-10-20(27)28)18(13-17)22(23,24)25/h2-10,13H,11-12H2,1H3,(H,27,28). The Kier molecular flexibility index (Phi) is 6.25. The smallest absolute Gasteiger partial charge is 0.417 e. The van der Waals surface area contributed by atoms with E-state index in [0.717, 1.165) is 17.7 Å². The summed E-state index contributed by atoms with van der Waals surface area (Å²) >= 11 is 0. The number of oxazole rings is 1. The number of alkyl halides is 3. The maximum Gasteiger partial charge on any atom is 0.417 e. The third-order valence-corrected chi connectivity index (χ3v) is 4.26. The molecule has 1 heterocycles. The van der Waals surface area contributed by atoms with Crippen molar-refractivity contribution in [2.45, 2.75) is 19.5 Å². The molecular weight excluding hydrogens is 399 g/mol. The van der Waals surface area contributed by atoms with E-state index in [9.17, 15) is 18.0 Å². The van der Waals surface area contributed by atoms with E-state index in [4.69, 9.17) is 14.3 Å². The average Bonchev–Trinajstić information content (AvgIpc) is 3.07.